The van der Waals surface area contributed by atoms with Crippen molar-refractivity contribution in [2.24, 2.45) is 5.92 Å². The third-order valence-corrected chi connectivity index (χ3v) is 5.17. The highest BCUT2D eigenvalue weighted by molar-refractivity contribution is 6.09. The van der Waals surface area contributed by atoms with E-state index in [0.29, 0.717) is 18.0 Å². The maximum atomic E-state index is 12.8. The van der Waals surface area contributed by atoms with Gasteiger partial charge in [0.25, 0.3) is 5.91 Å². The van der Waals surface area contributed by atoms with Crippen molar-refractivity contribution in [2.75, 3.05) is 19.0 Å². The maximum absolute atomic E-state index is 12.8. The Labute approximate surface area is 193 Å². The predicted octanol–water partition coefficient (Wildman–Crippen LogP) is 5.05. The van der Waals surface area contributed by atoms with Crippen molar-refractivity contribution >= 4 is 39.8 Å². The number of benzene rings is 3. The number of carbonyl (C=O) groups is 3. The molecule has 2 amide bonds. The largest absolute Gasteiger partial charge is 0.465 e. The predicted molar refractivity (Wildman–Crippen MR) is 131 cm³/mol. The first-order valence-corrected chi connectivity index (χ1v) is 10.8. The van der Waals surface area contributed by atoms with E-state index in [1.165, 1.54) is 31.4 Å². The third-order valence-electron chi connectivity index (χ3n) is 5.17. The molecule has 3 aromatic rings. The lowest BCUT2D eigenvalue weighted by Gasteiger charge is -2.12. The Balaban J connectivity index is 1.85. The van der Waals surface area contributed by atoms with E-state index < -0.39 is 11.9 Å². The Hall–Kier alpha value is -3.93. The van der Waals surface area contributed by atoms with Gasteiger partial charge in [0.1, 0.15) is 0 Å². The van der Waals surface area contributed by atoms with Crippen LogP contribution in [0, 0.1) is 5.92 Å². The molecule has 170 valence electrons. The summed E-state index contributed by atoms with van der Waals surface area (Å²) in [4.78, 5) is 37.4. The number of rotatable bonds is 7. The van der Waals surface area contributed by atoms with Crippen LogP contribution in [0.5, 0.6) is 0 Å². The Morgan fingerprint density at radius 1 is 0.939 bits per heavy atom. The second-order valence-electron chi connectivity index (χ2n) is 8.23. The van der Waals surface area contributed by atoms with Crippen LogP contribution in [0.4, 0.5) is 5.69 Å². The van der Waals surface area contributed by atoms with Crippen molar-refractivity contribution in [1.29, 1.82) is 0 Å². The van der Waals surface area contributed by atoms with Gasteiger partial charge in [0, 0.05) is 18.2 Å². The quantitative estimate of drug-likeness (QED) is 0.394. The number of allylic oxidation sites excluding steroid dienone is 1. The molecule has 0 spiro atoms. The summed E-state index contributed by atoms with van der Waals surface area (Å²) in [6.07, 6.45) is 1.47. The number of hydrogen-bond donors (Lipinski definition) is 2. The second-order valence-corrected chi connectivity index (χ2v) is 8.23. The molecule has 0 bridgehead atoms. The van der Waals surface area contributed by atoms with Gasteiger partial charge in [0.2, 0.25) is 5.91 Å². The van der Waals surface area contributed by atoms with Crippen molar-refractivity contribution in [3.63, 3.8) is 0 Å². The lowest BCUT2D eigenvalue weighted by Crippen LogP contribution is -2.27. The molecule has 0 atom stereocenters. The van der Waals surface area contributed by atoms with Gasteiger partial charge in [-0.15, -0.1) is 0 Å². The first-order chi connectivity index (χ1) is 15.8. The third kappa shape index (κ3) is 6.07. The molecule has 0 aliphatic rings. The van der Waals surface area contributed by atoms with Crippen molar-refractivity contribution in [3.05, 3.63) is 83.4 Å². The van der Waals surface area contributed by atoms with Gasteiger partial charge in [-0.2, -0.15) is 0 Å². The van der Waals surface area contributed by atoms with Gasteiger partial charge in [-0.05, 0) is 59.0 Å². The summed E-state index contributed by atoms with van der Waals surface area (Å²) < 4.78 is 4.82. The van der Waals surface area contributed by atoms with Crippen molar-refractivity contribution in [1.82, 2.24) is 5.32 Å². The number of fused-ring (bicyclic) bond motifs is 1. The van der Waals surface area contributed by atoms with E-state index >= 15 is 0 Å². The SMILES string of the molecule is COC(=O)c1ccc(C(=O)NCC(C)C)cc1NC(=O)C=C(C)c1ccc2ccccc2c1. The molecule has 0 fully saturated rings. The summed E-state index contributed by atoms with van der Waals surface area (Å²) in [7, 11) is 1.26. The standard InChI is InChI=1S/C27H28N2O4/c1-17(2)16-28-26(31)22-11-12-23(27(32)33-4)24(15-22)29-25(30)13-18(3)20-10-9-19-7-5-6-8-21(19)14-20/h5-15,17H,16H2,1-4H3,(H,28,31)(H,29,30). The lowest BCUT2D eigenvalue weighted by atomic mass is 10.0. The Morgan fingerprint density at radius 2 is 1.64 bits per heavy atom. The molecule has 3 rings (SSSR count). The summed E-state index contributed by atoms with van der Waals surface area (Å²) in [5.41, 5.74) is 2.41. The van der Waals surface area contributed by atoms with Crippen molar-refractivity contribution < 1.29 is 19.1 Å². The molecule has 3 aromatic carbocycles. The number of esters is 1. The topological polar surface area (TPSA) is 84.5 Å². The van der Waals surface area contributed by atoms with Gasteiger partial charge < -0.3 is 15.4 Å². The number of carbonyl (C=O) groups excluding carboxylic acids is 3. The number of methoxy groups -OCH3 is 1. The normalized spacial score (nSPS) is 11.4. The number of nitrogens with one attached hydrogen (secondary N) is 2. The van der Waals surface area contributed by atoms with Gasteiger partial charge in [-0.25, -0.2) is 4.79 Å². The molecule has 0 radical (unpaired) electrons. The van der Waals surface area contributed by atoms with Crippen LogP contribution in [0.15, 0.2) is 66.7 Å². The first-order valence-electron chi connectivity index (χ1n) is 10.8. The van der Waals surface area contributed by atoms with Gasteiger partial charge >= 0.3 is 5.97 Å². The fraction of sp³-hybridized carbons (Fsp3) is 0.222. The molecule has 0 unspecified atom stereocenters. The zero-order valence-electron chi connectivity index (χ0n) is 19.3. The molecule has 0 aromatic heterocycles. The van der Waals surface area contributed by atoms with Crippen LogP contribution in [-0.4, -0.2) is 31.4 Å². The molecule has 0 saturated heterocycles. The zero-order chi connectivity index (χ0) is 24.0. The first kappa shape index (κ1) is 23.7. The van der Waals surface area contributed by atoms with Crippen LogP contribution in [0.25, 0.3) is 16.3 Å². The van der Waals surface area contributed by atoms with Crippen molar-refractivity contribution in [2.45, 2.75) is 20.8 Å². The van der Waals surface area contributed by atoms with E-state index in [-0.39, 0.29) is 17.2 Å². The molecule has 0 aliphatic carbocycles. The number of ether oxygens (including phenoxy) is 1. The summed E-state index contributed by atoms with van der Waals surface area (Å²) in [6, 6.07) is 18.5. The highest BCUT2D eigenvalue weighted by Gasteiger charge is 2.17. The van der Waals surface area contributed by atoms with Crippen molar-refractivity contribution in [3.8, 4) is 0 Å². The number of amides is 2. The lowest BCUT2D eigenvalue weighted by molar-refractivity contribution is -0.111. The summed E-state index contributed by atoms with van der Waals surface area (Å²) >= 11 is 0. The van der Waals surface area contributed by atoms with Crippen LogP contribution in [-0.2, 0) is 9.53 Å². The van der Waals surface area contributed by atoms with E-state index in [4.69, 9.17) is 4.74 Å². The van der Waals surface area contributed by atoms with Crippen LogP contribution < -0.4 is 10.6 Å². The van der Waals surface area contributed by atoms with Gasteiger partial charge in [-0.1, -0.05) is 50.2 Å². The Kier molecular flexibility index (Phi) is 7.61. The van der Waals surface area contributed by atoms with E-state index in [1.54, 1.807) is 0 Å². The summed E-state index contributed by atoms with van der Waals surface area (Å²) in [5.74, 6) is -0.996. The minimum absolute atomic E-state index is 0.169. The van der Waals surface area contributed by atoms with Gasteiger partial charge in [0.15, 0.2) is 0 Å². The molecule has 0 heterocycles. The second kappa shape index (κ2) is 10.6. The fourth-order valence-corrected chi connectivity index (χ4v) is 3.36. The maximum Gasteiger partial charge on any atom is 0.339 e. The van der Waals surface area contributed by atoms with Crippen LogP contribution in [0.2, 0.25) is 0 Å². The molecule has 33 heavy (non-hydrogen) atoms. The molecule has 0 aliphatic heterocycles. The van der Waals surface area contributed by atoms with E-state index in [0.717, 1.165) is 21.9 Å². The number of hydrogen-bond acceptors (Lipinski definition) is 4. The van der Waals surface area contributed by atoms with Crippen LogP contribution in [0.3, 0.4) is 0 Å². The molecule has 6 nitrogen and oxygen atoms in total. The fourth-order valence-electron chi connectivity index (χ4n) is 3.36. The number of anilines is 1. The molecular formula is C27H28N2O4. The van der Waals surface area contributed by atoms with Gasteiger partial charge in [-0.3, -0.25) is 9.59 Å². The average molecular weight is 445 g/mol. The van der Waals surface area contributed by atoms with E-state index in [2.05, 4.69) is 10.6 Å². The minimum atomic E-state index is -0.602. The smallest absolute Gasteiger partial charge is 0.339 e. The average Bonchev–Trinajstić information content (AvgIpc) is 2.81. The van der Waals surface area contributed by atoms with Crippen LogP contribution >= 0.6 is 0 Å². The van der Waals surface area contributed by atoms with E-state index in [1.807, 2.05) is 63.2 Å². The highest BCUT2D eigenvalue weighted by atomic mass is 16.5. The van der Waals surface area contributed by atoms with Gasteiger partial charge in [0.05, 0.1) is 18.4 Å². The molecule has 0 saturated carbocycles. The minimum Gasteiger partial charge on any atom is -0.465 e. The molecular weight excluding hydrogens is 416 g/mol. The zero-order valence-corrected chi connectivity index (χ0v) is 19.3. The molecule has 6 heteroatoms. The highest BCUT2D eigenvalue weighted by Crippen LogP contribution is 2.23. The van der Waals surface area contributed by atoms with Crippen LogP contribution in [0.1, 0.15) is 47.1 Å². The molecule has 2 N–H and O–H groups in total. The Bertz CT molecular complexity index is 1230. The van der Waals surface area contributed by atoms with E-state index in [9.17, 15) is 14.4 Å². The summed E-state index contributed by atoms with van der Waals surface area (Å²) in [6.45, 7) is 6.36. The Morgan fingerprint density at radius 3 is 2.33 bits per heavy atom. The summed E-state index contributed by atoms with van der Waals surface area (Å²) in [5, 5.41) is 7.76. The monoisotopic (exact) mass is 444 g/mol.